The summed E-state index contributed by atoms with van der Waals surface area (Å²) in [5.41, 5.74) is 0.0615. The van der Waals surface area contributed by atoms with Gasteiger partial charge in [-0.15, -0.1) is 0 Å². The van der Waals surface area contributed by atoms with Crippen molar-refractivity contribution in [2.75, 3.05) is 26.7 Å². The third-order valence-electron chi connectivity index (χ3n) is 5.79. The molecule has 0 saturated carbocycles. The fourth-order valence-electron chi connectivity index (χ4n) is 4.09. The van der Waals surface area contributed by atoms with Crippen LogP contribution in [0, 0.1) is 5.82 Å². The maximum atomic E-state index is 12.9. The Balaban J connectivity index is 1.65. The van der Waals surface area contributed by atoms with Gasteiger partial charge >= 0.3 is 0 Å². The fourth-order valence-corrected chi connectivity index (χ4v) is 4.09. The molecule has 1 aromatic rings. The molecule has 4 nitrogen and oxygen atoms in total. The molecule has 2 aliphatic heterocycles. The highest BCUT2D eigenvalue weighted by molar-refractivity contribution is 5.78. The Morgan fingerprint density at radius 2 is 2.00 bits per heavy atom. The number of fused-ring (bicyclic) bond motifs is 1. The summed E-state index contributed by atoms with van der Waals surface area (Å²) in [4.78, 5) is 17.1. The molecular formula is C19H27FN2O2. The summed E-state index contributed by atoms with van der Waals surface area (Å²) in [6.07, 6.45) is 5.71. The molecule has 132 valence electrons. The minimum atomic E-state index is -0.304. The molecule has 0 aliphatic carbocycles. The molecule has 1 amide bonds. The normalized spacial score (nSPS) is 28.1. The lowest BCUT2D eigenvalue weighted by Crippen LogP contribution is -2.55. The standard InChI is InChI=1S/C19H27FN2O2/c1-19-11-13-22(17(19)6-4-3-5-12-21(19)2)18(23)14-24-16-9-7-15(20)8-10-16/h7-10,17H,3-6,11-14H2,1-2H3/t17-,19-/m0/s1. The molecule has 5 heteroatoms. The predicted octanol–water partition coefficient (Wildman–Crippen LogP) is 3.07. The number of hydrogen-bond donors (Lipinski definition) is 0. The number of carbonyl (C=O) groups excluding carboxylic acids is 1. The molecule has 0 spiro atoms. The Morgan fingerprint density at radius 3 is 2.75 bits per heavy atom. The molecular weight excluding hydrogens is 307 g/mol. The van der Waals surface area contributed by atoms with Crippen molar-refractivity contribution in [3.63, 3.8) is 0 Å². The Morgan fingerprint density at radius 1 is 1.25 bits per heavy atom. The predicted molar refractivity (Wildman–Crippen MR) is 91.5 cm³/mol. The van der Waals surface area contributed by atoms with Gasteiger partial charge in [0.2, 0.25) is 0 Å². The van der Waals surface area contributed by atoms with Gasteiger partial charge in [-0.25, -0.2) is 4.39 Å². The number of amides is 1. The third-order valence-corrected chi connectivity index (χ3v) is 5.79. The number of halogens is 1. The van der Waals surface area contributed by atoms with Crippen LogP contribution in [0.1, 0.15) is 39.0 Å². The molecule has 2 fully saturated rings. The average molecular weight is 334 g/mol. The first-order valence-corrected chi connectivity index (χ1v) is 8.90. The highest BCUT2D eigenvalue weighted by Gasteiger charge is 2.48. The second-order valence-electron chi connectivity index (χ2n) is 7.22. The fraction of sp³-hybridized carbons (Fsp3) is 0.632. The maximum Gasteiger partial charge on any atom is 0.260 e. The summed E-state index contributed by atoms with van der Waals surface area (Å²) in [5, 5.41) is 0. The Labute approximate surface area is 143 Å². The smallest absolute Gasteiger partial charge is 0.260 e. The van der Waals surface area contributed by atoms with E-state index in [1.165, 1.54) is 31.4 Å². The monoisotopic (exact) mass is 334 g/mol. The van der Waals surface area contributed by atoms with Gasteiger partial charge < -0.3 is 9.64 Å². The van der Waals surface area contributed by atoms with Crippen LogP contribution < -0.4 is 4.74 Å². The van der Waals surface area contributed by atoms with Crippen molar-refractivity contribution in [3.8, 4) is 5.75 Å². The molecule has 0 aromatic heterocycles. The minimum absolute atomic E-state index is 0.0158. The van der Waals surface area contributed by atoms with E-state index in [1.54, 1.807) is 12.1 Å². The van der Waals surface area contributed by atoms with Crippen molar-refractivity contribution in [1.29, 1.82) is 0 Å². The van der Waals surface area contributed by atoms with Crippen molar-refractivity contribution in [3.05, 3.63) is 30.1 Å². The number of ether oxygens (including phenoxy) is 1. The van der Waals surface area contributed by atoms with Crippen molar-refractivity contribution in [2.24, 2.45) is 0 Å². The van der Waals surface area contributed by atoms with Gasteiger partial charge in [0.05, 0.1) is 0 Å². The first-order valence-electron chi connectivity index (χ1n) is 8.90. The van der Waals surface area contributed by atoms with Crippen molar-refractivity contribution >= 4 is 5.91 Å². The molecule has 2 atom stereocenters. The lowest BCUT2D eigenvalue weighted by molar-refractivity contribution is -0.135. The van der Waals surface area contributed by atoms with E-state index in [0.717, 1.165) is 25.9 Å². The van der Waals surface area contributed by atoms with E-state index in [9.17, 15) is 9.18 Å². The molecule has 3 rings (SSSR count). The molecule has 2 aliphatic rings. The van der Waals surface area contributed by atoms with Gasteiger partial charge in [-0.1, -0.05) is 12.8 Å². The van der Waals surface area contributed by atoms with Crippen LogP contribution in [-0.2, 0) is 4.79 Å². The van der Waals surface area contributed by atoms with Gasteiger partial charge in [0, 0.05) is 18.1 Å². The van der Waals surface area contributed by atoms with Crippen LogP contribution in [0.15, 0.2) is 24.3 Å². The van der Waals surface area contributed by atoms with E-state index in [4.69, 9.17) is 4.74 Å². The number of carbonyl (C=O) groups is 1. The minimum Gasteiger partial charge on any atom is -0.484 e. The average Bonchev–Trinajstić information content (AvgIpc) is 2.90. The van der Waals surface area contributed by atoms with Crippen LogP contribution in [0.25, 0.3) is 0 Å². The summed E-state index contributed by atoms with van der Waals surface area (Å²) < 4.78 is 18.5. The lowest BCUT2D eigenvalue weighted by atomic mass is 9.85. The quantitative estimate of drug-likeness (QED) is 0.852. The van der Waals surface area contributed by atoms with Crippen LogP contribution >= 0.6 is 0 Å². The van der Waals surface area contributed by atoms with E-state index in [2.05, 4.69) is 18.9 Å². The van der Waals surface area contributed by atoms with E-state index in [1.807, 2.05) is 4.90 Å². The first kappa shape index (κ1) is 17.2. The van der Waals surface area contributed by atoms with E-state index in [0.29, 0.717) is 5.75 Å². The molecule has 0 bridgehead atoms. The Bertz CT molecular complexity index is 577. The second kappa shape index (κ2) is 7.09. The van der Waals surface area contributed by atoms with Gasteiger partial charge in [0.25, 0.3) is 5.91 Å². The largest absolute Gasteiger partial charge is 0.484 e. The van der Waals surface area contributed by atoms with Crippen LogP contribution in [0.3, 0.4) is 0 Å². The number of likely N-dealkylation sites (N-methyl/N-ethyl adjacent to an activating group) is 1. The Kier molecular flexibility index (Phi) is 5.09. The van der Waals surface area contributed by atoms with E-state index < -0.39 is 0 Å². The van der Waals surface area contributed by atoms with E-state index in [-0.39, 0.29) is 29.9 Å². The summed E-state index contributed by atoms with van der Waals surface area (Å²) in [6.45, 7) is 4.19. The summed E-state index contributed by atoms with van der Waals surface area (Å²) in [6, 6.07) is 6.06. The van der Waals surface area contributed by atoms with Gasteiger partial charge in [0.15, 0.2) is 6.61 Å². The molecule has 0 N–H and O–H groups in total. The third kappa shape index (κ3) is 3.41. The number of likely N-dealkylation sites (tertiary alicyclic amines) is 2. The number of rotatable bonds is 3. The van der Waals surface area contributed by atoms with Crippen LogP contribution in [0.2, 0.25) is 0 Å². The maximum absolute atomic E-state index is 12.9. The topological polar surface area (TPSA) is 32.8 Å². The molecule has 1 aromatic carbocycles. The van der Waals surface area contributed by atoms with Crippen LogP contribution in [0.4, 0.5) is 4.39 Å². The van der Waals surface area contributed by atoms with Crippen LogP contribution in [-0.4, -0.2) is 54.0 Å². The van der Waals surface area contributed by atoms with Crippen molar-refractivity contribution < 1.29 is 13.9 Å². The van der Waals surface area contributed by atoms with Gasteiger partial charge in [-0.2, -0.15) is 0 Å². The summed E-state index contributed by atoms with van der Waals surface area (Å²) >= 11 is 0. The molecule has 2 heterocycles. The SMILES string of the molecule is CN1CCCCC[C@@H]2N(C(=O)COc3ccc(F)cc3)CC[C@@]21C. The highest BCUT2D eigenvalue weighted by atomic mass is 19.1. The zero-order valence-electron chi connectivity index (χ0n) is 14.6. The second-order valence-corrected chi connectivity index (χ2v) is 7.22. The lowest BCUT2D eigenvalue weighted by Gasteiger charge is -2.43. The van der Waals surface area contributed by atoms with Crippen LogP contribution in [0.5, 0.6) is 5.75 Å². The summed E-state index contributed by atoms with van der Waals surface area (Å²) in [5.74, 6) is 0.255. The first-order chi connectivity index (χ1) is 11.5. The number of nitrogens with zero attached hydrogens (tertiary/aromatic N) is 2. The van der Waals surface area contributed by atoms with Crippen molar-refractivity contribution in [2.45, 2.75) is 50.6 Å². The number of benzene rings is 1. The number of hydrogen-bond acceptors (Lipinski definition) is 3. The molecule has 24 heavy (non-hydrogen) atoms. The van der Waals surface area contributed by atoms with Gasteiger partial charge in [-0.3, -0.25) is 9.69 Å². The van der Waals surface area contributed by atoms with Gasteiger partial charge in [-0.05, 0) is 64.0 Å². The Hall–Kier alpha value is -1.62. The zero-order chi connectivity index (χ0) is 17.2. The van der Waals surface area contributed by atoms with Gasteiger partial charge in [0.1, 0.15) is 11.6 Å². The molecule has 2 saturated heterocycles. The molecule has 0 radical (unpaired) electrons. The highest BCUT2D eigenvalue weighted by Crippen LogP contribution is 2.37. The summed E-state index contributed by atoms with van der Waals surface area (Å²) in [7, 11) is 2.18. The molecule has 0 unspecified atom stereocenters. The zero-order valence-corrected chi connectivity index (χ0v) is 14.6. The van der Waals surface area contributed by atoms with Crippen molar-refractivity contribution in [1.82, 2.24) is 9.80 Å². The van der Waals surface area contributed by atoms with E-state index >= 15 is 0 Å².